The summed E-state index contributed by atoms with van der Waals surface area (Å²) in [5.41, 5.74) is 1.99. The lowest BCUT2D eigenvalue weighted by Crippen LogP contribution is -2.08. The van der Waals surface area contributed by atoms with Crippen LogP contribution in [0.3, 0.4) is 0 Å². The molecular formula is C22H18ClF3O4. The third-order valence-corrected chi connectivity index (χ3v) is 4.76. The first-order valence-corrected chi connectivity index (χ1v) is 9.41. The van der Waals surface area contributed by atoms with E-state index in [0.29, 0.717) is 22.8 Å². The van der Waals surface area contributed by atoms with Crippen LogP contribution in [-0.2, 0) is 24.0 Å². The third kappa shape index (κ3) is 5.36. The summed E-state index contributed by atoms with van der Waals surface area (Å²) in [4.78, 5) is 10.7. The Morgan fingerprint density at radius 2 is 1.80 bits per heavy atom. The van der Waals surface area contributed by atoms with Crippen molar-refractivity contribution in [3.63, 3.8) is 0 Å². The number of benzene rings is 2. The Hall–Kier alpha value is -2.93. The zero-order valence-electron chi connectivity index (χ0n) is 15.9. The fraction of sp³-hybridized carbons (Fsp3) is 0.227. The van der Waals surface area contributed by atoms with Crippen molar-refractivity contribution in [2.45, 2.75) is 32.5 Å². The van der Waals surface area contributed by atoms with Gasteiger partial charge in [0.05, 0.1) is 0 Å². The van der Waals surface area contributed by atoms with E-state index in [2.05, 4.69) is 0 Å². The monoisotopic (exact) mass is 438 g/mol. The Labute approximate surface area is 175 Å². The van der Waals surface area contributed by atoms with Gasteiger partial charge in [0.2, 0.25) is 5.76 Å². The molecule has 0 aliphatic rings. The SMILES string of the molecule is Cc1cc(OCc2cc(-c3ccc(Cl)cc3)oc2C(F)(F)F)ccc1CCC(=O)O. The highest BCUT2D eigenvalue weighted by Gasteiger charge is 2.38. The summed E-state index contributed by atoms with van der Waals surface area (Å²) in [6.45, 7) is 1.46. The van der Waals surface area contributed by atoms with Crippen LogP contribution in [0, 0.1) is 6.92 Å². The molecule has 0 aliphatic carbocycles. The Balaban J connectivity index is 1.79. The van der Waals surface area contributed by atoms with E-state index in [0.717, 1.165) is 11.1 Å². The molecule has 0 amide bonds. The lowest BCUT2D eigenvalue weighted by Gasteiger charge is -2.11. The number of alkyl halides is 3. The molecule has 30 heavy (non-hydrogen) atoms. The summed E-state index contributed by atoms with van der Waals surface area (Å²) in [5.74, 6) is -1.56. The molecule has 0 fully saturated rings. The average molecular weight is 439 g/mol. The van der Waals surface area contributed by atoms with Crippen LogP contribution < -0.4 is 4.74 Å². The van der Waals surface area contributed by atoms with E-state index in [1.165, 1.54) is 6.07 Å². The molecular weight excluding hydrogens is 421 g/mol. The van der Waals surface area contributed by atoms with Gasteiger partial charge in [0.25, 0.3) is 0 Å². The number of aliphatic carboxylic acids is 1. The van der Waals surface area contributed by atoms with E-state index < -0.39 is 17.9 Å². The molecule has 0 saturated carbocycles. The van der Waals surface area contributed by atoms with Crippen molar-refractivity contribution in [3.8, 4) is 17.1 Å². The molecule has 8 heteroatoms. The second-order valence-electron chi connectivity index (χ2n) is 6.74. The predicted octanol–water partition coefficient (Wildman–Crippen LogP) is 6.52. The van der Waals surface area contributed by atoms with Crippen molar-refractivity contribution in [2.75, 3.05) is 0 Å². The zero-order chi connectivity index (χ0) is 21.9. The van der Waals surface area contributed by atoms with Crippen LogP contribution >= 0.6 is 11.6 Å². The smallest absolute Gasteiger partial charge is 0.449 e. The molecule has 0 bridgehead atoms. The van der Waals surface area contributed by atoms with Crippen LogP contribution in [0.2, 0.25) is 5.02 Å². The minimum absolute atomic E-state index is 0.00151. The lowest BCUT2D eigenvalue weighted by atomic mass is 10.0. The van der Waals surface area contributed by atoms with Gasteiger partial charge in [-0.25, -0.2) is 0 Å². The highest BCUT2D eigenvalue weighted by Crippen LogP contribution is 2.38. The molecule has 0 atom stereocenters. The first-order chi connectivity index (χ1) is 14.1. The summed E-state index contributed by atoms with van der Waals surface area (Å²) >= 11 is 5.83. The minimum atomic E-state index is -4.67. The molecule has 0 unspecified atom stereocenters. The van der Waals surface area contributed by atoms with Gasteiger partial charge < -0.3 is 14.3 Å². The number of carbonyl (C=O) groups is 1. The van der Waals surface area contributed by atoms with Crippen LogP contribution in [0.15, 0.2) is 52.9 Å². The molecule has 2 aromatic carbocycles. The Morgan fingerprint density at radius 3 is 2.40 bits per heavy atom. The van der Waals surface area contributed by atoms with Crippen molar-refractivity contribution >= 4 is 17.6 Å². The number of carboxylic acid groups (broad SMARTS) is 1. The van der Waals surface area contributed by atoms with Crippen LogP contribution in [0.4, 0.5) is 13.2 Å². The maximum Gasteiger partial charge on any atom is 0.449 e. The van der Waals surface area contributed by atoms with Gasteiger partial charge in [0.1, 0.15) is 18.1 Å². The number of ether oxygens (including phenoxy) is 1. The standard InChI is InChI=1S/C22H18ClF3O4/c1-13-10-18(8-4-14(13)5-9-20(27)28)29-12-16-11-19(30-21(16)22(24,25)26)15-2-6-17(23)7-3-15/h2-4,6-8,10-11H,5,9,12H2,1H3,(H,27,28). The van der Waals surface area contributed by atoms with Crippen molar-refractivity contribution in [3.05, 3.63) is 76.0 Å². The van der Waals surface area contributed by atoms with Gasteiger partial charge in [0.15, 0.2) is 0 Å². The summed E-state index contributed by atoms with van der Waals surface area (Å²) < 4.78 is 50.9. The molecule has 158 valence electrons. The highest BCUT2D eigenvalue weighted by atomic mass is 35.5. The number of rotatable bonds is 7. The van der Waals surface area contributed by atoms with Crippen LogP contribution in [0.5, 0.6) is 5.75 Å². The Kier molecular flexibility index (Phi) is 6.41. The Bertz CT molecular complexity index is 1040. The minimum Gasteiger partial charge on any atom is -0.489 e. The van der Waals surface area contributed by atoms with E-state index in [9.17, 15) is 18.0 Å². The van der Waals surface area contributed by atoms with Gasteiger partial charge >= 0.3 is 12.1 Å². The summed E-state index contributed by atoms with van der Waals surface area (Å²) in [7, 11) is 0. The second kappa shape index (κ2) is 8.83. The molecule has 0 radical (unpaired) electrons. The van der Waals surface area contributed by atoms with E-state index in [1.807, 2.05) is 0 Å². The van der Waals surface area contributed by atoms with Gasteiger partial charge in [-0.15, -0.1) is 0 Å². The van der Waals surface area contributed by atoms with Gasteiger partial charge in [-0.2, -0.15) is 13.2 Å². The number of hydrogen-bond donors (Lipinski definition) is 1. The summed E-state index contributed by atoms with van der Waals surface area (Å²) in [6.07, 6.45) is -4.30. The molecule has 0 aliphatic heterocycles. The maximum atomic E-state index is 13.4. The molecule has 1 heterocycles. The largest absolute Gasteiger partial charge is 0.489 e. The van der Waals surface area contributed by atoms with E-state index in [1.54, 1.807) is 49.4 Å². The quantitative estimate of drug-likeness (QED) is 0.456. The van der Waals surface area contributed by atoms with Crippen LogP contribution in [-0.4, -0.2) is 11.1 Å². The van der Waals surface area contributed by atoms with Crippen molar-refractivity contribution in [2.24, 2.45) is 0 Å². The fourth-order valence-corrected chi connectivity index (χ4v) is 3.10. The van der Waals surface area contributed by atoms with Crippen LogP contribution in [0.25, 0.3) is 11.3 Å². The third-order valence-electron chi connectivity index (χ3n) is 4.51. The predicted molar refractivity (Wildman–Crippen MR) is 106 cm³/mol. The maximum absolute atomic E-state index is 13.4. The molecule has 3 aromatic rings. The van der Waals surface area contributed by atoms with Crippen LogP contribution in [0.1, 0.15) is 28.9 Å². The first-order valence-electron chi connectivity index (χ1n) is 9.03. The summed E-state index contributed by atoms with van der Waals surface area (Å²) in [5, 5.41) is 9.25. The van der Waals surface area contributed by atoms with E-state index in [4.69, 9.17) is 25.9 Å². The summed E-state index contributed by atoms with van der Waals surface area (Å²) in [6, 6.07) is 12.6. The second-order valence-corrected chi connectivity index (χ2v) is 7.18. The number of carboxylic acids is 1. The number of hydrogen-bond acceptors (Lipinski definition) is 3. The van der Waals surface area contributed by atoms with Gasteiger partial charge in [-0.05, 0) is 66.9 Å². The molecule has 4 nitrogen and oxygen atoms in total. The molecule has 0 saturated heterocycles. The Morgan fingerprint density at radius 1 is 1.10 bits per heavy atom. The lowest BCUT2D eigenvalue weighted by molar-refractivity contribution is -0.153. The molecule has 1 N–H and O–H groups in total. The topological polar surface area (TPSA) is 59.7 Å². The molecule has 1 aromatic heterocycles. The van der Waals surface area contributed by atoms with Crippen molar-refractivity contribution < 1.29 is 32.2 Å². The van der Waals surface area contributed by atoms with Crippen molar-refractivity contribution in [1.82, 2.24) is 0 Å². The number of halogens is 4. The fourth-order valence-electron chi connectivity index (χ4n) is 2.97. The van der Waals surface area contributed by atoms with Gasteiger partial charge in [-0.3, -0.25) is 4.79 Å². The van der Waals surface area contributed by atoms with Gasteiger partial charge in [0, 0.05) is 22.6 Å². The van der Waals surface area contributed by atoms with E-state index >= 15 is 0 Å². The van der Waals surface area contributed by atoms with Crippen molar-refractivity contribution in [1.29, 1.82) is 0 Å². The highest BCUT2D eigenvalue weighted by molar-refractivity contribution is 6.30. The van der Waals surface area contributed by atoms with Gasteiger partial charge in [-0.1, -0.05) is 17.7 Å². The molecule has 3 rings (SSSR count). The zero-order valence-corrected chi connectivity index (χ0v) is 16.7. The normalized spacial score (nSPS) is 11.5. The molecule has 0 spiro atoms. The number of furan rings is 1. The first kappa shape index (κ1) is 21.8. The van der Waals surface area contributed by atoms with E-state index in [-0.39, 0.29) is 24.4 Å². The average Bonchev–Trinajstić information content (AvgIpc) is 3.11. The number of aryl methyl sites for hydroxylation is 2.